The van der Waals surface area contributed by atoms with Gasteiger partial charge in [-0.05, 0) is 38.0 Å². The van der Waals surface area contributed by atoms with E-state index < -0.39 is 0 Å². The summed E-state index contributed by atoms with van der Waals surface area (Å²) in [4.78, 5) is 18.7. The van der Waals surface area contributed by atoms with E-state index in [0.29, 0.717) is 28.9 Å². The average Bonchev–Trinajstić information content (AvgIpc) is 3.31. The van der Waals surface area contributed by atoms with E-state index in [0.717, 1.165) is 42.9 Å². The lowest BCUT2D eigenvalue weighted by Gasteiger charge is -2.14. The number of carbonyl (C=O) groups excluding carboxylic acids is 1. The standard InChI is InChI=1S/C19H24N2O4S/c1-13-15(11-26-12-18(22)21-8-4-5-9-21)20-19(25-13)14-6-7-16(23-2)17(10-14)24-3/h6-7,10H,4-5,8-9,11-12H2,1-3H3. The van der Waals surface area contributed by atoms with Crippen LogP contribution >= 0.6 is 11.8 Å². The monoisotopic (exact) mass is 376 g/mol. The summed E-state index contributed by atoms with van der Waals surface area (Å²) < 4.78 is 16.4. The molecule has 0 saturated carbocycles. The molecule has 0 N–H and O–H groups in total. The minimum Gasteiger partial charge on any atom is -0.493 e. The van der Waals surface area contributed by atoms with Crippen LogP contribution in [0.5, 0.6) is 11.5 Å². The van der Waals surface area contributed by atoms with Crippen LogP contribution in [0, 0.1) is 6.92 Å². The number of oxazole rings is 1. The van der Waals surface area contributed by atoms with Gasteiger partial charge in [-0.2, -0.15) is 0 Å². The van der Waals surface area contributed by atoms with Crippen LogP contribution in [0.3, 0.4) is 0 Å². The molecule has 2 heterocycles. The van der Waals surface area contributed by atoms with E-state index in [9.17, 15) is 4.79 Å². The fourth-order valence-electron chi connectivity index (χ4n) is 2.95. The maximum absolute atomic E-state index is 12.1. The summed E-state index contributed by atoms with van der Waals surface area (Å²) in [5.41, 5.74) is 1.70. The Morgan fingerprint density at radius 3 is 2.65 bits per heavy atom. The topological polar surface area (TPSA) is 64.8 Å². The van der Waals surface area contributed by atoms with Crippen LogP contribution in [0.1, 0.15) is 24.3 Å². The zero-order chi connectivity index (χ0) is 18.5. The van der Waals surface area contributed by atoms with Crippen molar-refractivity contribution in [2.75, 3.05) is 33.1 Å². The predicted octanol–water partition coefficient (Wildman–Crippen LogP) is 3.52. The fraction of sp³-hybridized carbons (Fsp3) is 0.474. The molecule has 1 fully saturated rings. The number of nitrogens with zero attached hydrogens (tertiary/aromatic N) is 2. The van der Waals surface area contributed by atoms with Crippen molar-refractivity contribution in [1.29, 1.82) is 0 Å². The Morgan fingerprint density at radius 2 is 1.96 bits per heavy atom. The SMILES string of the molecule is COc1ccc(-c2nc(CSCC(=O)N3CCCC3)c(C)o2)cc1OC. The van der Waals surface area contributed by atoms with Crippen LogP contribution in [0.2, 0.25) is 0 Å². The second-order valence-corrected chi connectivity index (χ2v) is 7.16. The highest BCUT2D eigenvalue weighted by Gasteiger charge is 2.18. The molecule has 6 nitrogen and oxygen atoms in total. The third kappa shape index (κ3) is 4.15. The molecule has 140 valence electrons. The molecule has 1 aliphatic heterocycles. The number of hydrogen-bond acceptors (Lipinski definition) is 6. The van der Waals surface area contributed by atoms with Crippen LogP contribution in [-0.2, 0) is 10.5 Å². The van der Waals surface area contributed by atoms with E-state index in [1.807, 2.05) is 30.0 Å². The van der Waals surface area contributed by atoms with Crippen molar-refractivity contribution < 1.29 is 18.7 Å². The number of rotatable bonds is 7. The van der Waals surface area contributed by atoms with Gasteiger partial charge >= 0.3 is 0 Å². The number of amides is 1. The molecule has 0 radical (unpaired) electrons. The van der Waals surface area contributed by atoms with Gasteiger partial charge in [-0.25, -0.2) is 4.98 Å². The zero-order valence-corrected chi connectivity index (χ0v) is 16.2. The predicted molar refractivity (Wildman–Crippen MR) is 102 cm³/mol. The lowest BCUT2D eigenvalue weighted by atomic mass is 10.2. The van der Waals surface area contributed by atoms with Gasteiger partial charge in [-0.1, -0.05) is 0 Å². The highest BCUT2D eigenvalue weighted by molar-refractivity contribution is 7.99. The van der Waals surface area contributed by atoms with Crippen LogP contribution < -0.4 is 9.47 Å². The van der Waals surface area contributed by atoms with Gasteiger partial charge in [0.1, 0.15) is 5.76 Å². The first-order valence-electron chi connectivity index (χ1n) is 8.66. The number of hydrogen-bond donors (Lipinski definition) is 0. The Hall–Kier alpha value is -2.15. The summed E-state index contributed by atoms with van der Waals surface area (Å²) in [6.45, 7) is 3.69. The van der Waals surface area contributed by atoms with Gasteiger partial charge in [-0.15, -0.1) is 11.8 Å². The quantitative estimate of drug-likeness (QED) is 0.737. The number of benzene rings is 1. The van der Waals surface area contributed by atoms with Crippen molar-refractivity contribution in [3.63, 3.8) is 0 Å². The molecule has 26 heavy (non-hydrogen) atoms. The molecule has 1 amide bonds. The number of methoxy groups -OCH3 is 2. The molecule has 2 aromatic rings. The second-order valence-electron chi connectivity index (χ2n) is 6.17. The normalized spacial score (nSPS) is 13.9. The second kappa shape index (κ2) is 8.49. The largest absolute Gasteiger partial charge is 0.493 e. The van der Waals surface area contributed by atoms with Crippen LogP contribution in [0.25, 0.3) is 11.5 Å². The molecule has 1 saturated heterocycles. The number of aryl methyl sites for hydroxylation is 1. The van der Waals surface area contributed by atoms with Crippen molar-refractivity contribution in [1.82, 2.24) is 9.88 Å². The highest BCUT2D eigenvalue weighted by atomic mass is 32.2. The summed E-state index contributed by atoms with van der Waals surface area (Å²) >= 11 is 1.58. The van der Waals surface area contributed by atoms with Gasteiger partial charge in [0.25, 0.3) is 0 Å². The summed E-state index contributed by atoms with van der Waals surface area (Å²) in [6.07, 6.45) is 2.24. The first kappa shape index (κ1) is 18.6. The van der Waals surface area contributed by atoms with Crippen molar-refractivity contribution in [2.45, 2.75) is 25.5 Å². The van der Waals surface area contributed by atoms with Crippen molar-refractivity contribution in [3.8, 4) is 23.0 Å². The first-order valence-corrected chi connectivity index (χ1v) is 9.82. The summed E-state index contributed by atoms with van der Waals surface area (Å²) in [7, 11) is 3.20. The molecule has 0 unspecified atom stereocenters. The lowest BCUT2D eigenvalue weighted by Crippen LogP contribution is -2.29. The van der Waals surface area contributed by atoms with E-state index in [-0.39, 0.29) is 5.91 Å². The van der Waals surface area contributed by atoms with Gasteiger partial charge in [0.15, 0.2) is 11.5 Å². The Kier molecular flexibility index (Phi) is 6.08. The average molecular weight is 376 g/mol. The molecule has 7 heteroatoms. The van der Waals surface area contributed by atoms with Crippen LogP contribution in [-0.4, -0.2) is 48.9 Å². The third-order valence-electron chi connectivity index (χ3n) is 4.45. The van der Waals surface area contributed by atoms with Crippen LogP contribution in [0.15, 0.2) is 22.6 Å². The van der Waals surface area contributed by atoms with E-state index in [4.69, 9.17) is 13.9 Å². The smallest absolute Gasteiger partial charge is 0.232 e. The molecule has 1 aromatic heterocycles. The Morgan fingerprint density at radius 1 is 1.23 bits per heavy atom. The summed E-state index contributed by atoms with van der Waals surface area (Å²) in [6, 6.07) is 5.56. The maximum Gasteiger partial charge on any atom is 0.232 e. The number of aromatic nitrogens is 1. The minimum atomic E-state index is 0.216. The van der Waals surface area contributed by atoms with Gasteiger partial charge in [-0.3, -0.25) is 4.79 Å². The van der Waals surface area contributed by atoms with Gasteiger partial charge < -0.3 is 18.8 Å². The molecular formula is C19H24N2O4S. The van der Waals surface area contributed by atoms with E-state index in [2.05, 4.69) is 4.98 Å². The summed E-state index contributed by atoms with van der Waals surface area (Å²) in [5.74, 6) is 3.97. The van der Waals surface area contributed by atoms with Gasteiger partial charge in [0, 0.05) is 24.4 Å². The molecular weight excluding hydrogens is 352 g/mol. The molecule has 1 aromatic carbocycles. The molecule has 0 spiro atoms. The minimum absolute atomic E-state index is 0.216. The molecule has 0 atom stereocenters. The third-order valence-corrected chi connectivity index (χ3v) is 5.37. The first-order chi connectivity index (χ1) is 12.6. The Balaban J connectivity index is 1.64. The molecule has 1 aliphatic rings. The Bertz CT molecular complexity index is 769. The van der Waals surface area contributed by atoms with Crippen LogP contribution in [0.4, 0.5) is 0 Å². The number of ether oxygens (including phenoxy) is 2. The van der Waals surface area contributed by atoms with Gasteiger partial charge in [0.05, 0.1) is 25.7 Å². The zero-order valence-electron chi connectivity index (χ0n) is 15.4. The van der Waals surface area contributed by atoms with E-state index in [1.54, 1.807) is 26.0 Å². The fourth-order valence-corrected chi connectivity index (χ4v) is 3.87. The Labute approximate surface area is 157 Å². The van der Waals surface area contributed by atoms with Crippen molar-refractivity contribution in [3.05, 3.63) is 29.7 Å². The molecule has 0 aliphatic carbocycles. The maximum atomic E-state index is 12.1. The molecule has 3 rings (SSSR count). The van der Waals surface area contributed by atoms with Gasteiger partial charge in [0.2, 0.25) is 11.8 Å². The molecule has 0 bridgehead atoms. The number of carbonyl (C=O) groups is 1. The summed E-state index contributed by atoms with van der Waals surface area (Å²) in [5, 5.41) is 0. The number of thioether (sulfide) groups is 1. The van der Waals surface area contributed by atoms with E-state index >= 15 is 0 Å². The van der Waals surface area contributed by atoms with Crippen molar-refractivity contribution >= 4 is 17.7 Å². The number of likely N-dealkylation sites (tertiary alicyclic amines) is 1. The highest BCUT2D eigenvalue weighted by Crippen LogP contribution is 2.33. The van der Waals surface area contributed by atoms with Crippen molar-refractivity contribution in [2.24, 2.45) is 0 Å². The van der Waals surface area contributed by atoms with E-state index in [1.165, 1.54) is 0 Å². The lowest BCUT2D eigenvalue weighted by molar-refractivity contribution is -0.127.